The van der Waals surface area contributed by atoms with E-state index in [1.807, 2.05) is 12.2 Å². The molecular formula is C8H13. The highest BCUT2D eigenvalue weighted by molar-refractivity contribution is 5.00. The van der Waals surface area contributed by atoms with Crippen LogP contribution in [0.2, 0.25) is 0 Å². The van der Waals surface area contributed by atoms with Gasteiger partial charge in [0.05, 0.1) is 0 Å². The highest BCUT2D eigenvalue weighted by Gasteiger charge is 1.81. The van der Waals surface area contributed by atoms with Gasteiger partial charge in [-0.2, -0.15) is 0 Å². The van der Waals surface area contributed by atoms with E-state index in [1.54, 1.807) is 0 Å². The van der Waals surface area contributed by atoms with E-state index in [9.17, 15) is 0 Å². The Morgan fingerprint density at radius 3 is 2.62 bits per heavy atom. The van der Waals surface area contributed by atoms with Gasteiger partial charge >= 0.3 is 0 Å². The summed E-state index contributed by atoms with van der Waals surface area (Å²) in [7, 11) is 0. The van der Waals surface area contributed by atoms with Crippen LogP contribution in [0.15, 0.2) is 24.3 Å². The Hall–Kier alpha value is -0.520. The van der Waals surface area contributed by atoms with Gasteiger partial charge in [-0.3, -0.25) is 0 Å². The molecular weight excluding hydrogens is 96.1 g/mol. The number of hydrogen-bond donors (Lipinski definition) is 0. The van der Waals surface area contributed by atoms with Gasteiger partial charge in [-0.05, 0) is 26.7 Å². The van der Waals surface area contributed by atoms with Gasteiger partial charge < -0.3 is 0 Å². The maximum Gasteiger partial charge on any atom is -0.0288 e. The van der Waals surface area contributed by atoms with E-state index in [-0.39, 0.29) is 0 Å². The summed E-state index contributed by atoms with van der Waals surface area (Å²) in [6, 6.07) is 0. The maximum absolute atomic E-state index is 3.64. The maximum atomic E-state index is 3.64. The van der Waals surface area contributed by atoms with Crippen molar-refractivity contribution < 1.29 is 0 Å². The van der Waals surface area contributed by atoms with E-state index in [0.717, 1.165) is 12.8 Å². The Morgan fingerprint density at radius 2 is 2.25 bits per heavy atom. The average molecular weight is 109 g/mol. The lowest BCUT2D eigenvalue weighted by Crippen LogP contribution is -1.71. The Bertz CT molecular complexity index is 88.2. The van der Waals surface area contributed by atoms with E-state index in [2.05, 4.69) is 20.4 Å². The van der Waals surface area contributed by atoms with Crippen molar-refractivity contribution >= 4 is 0 Å². The van der Waals surface area contributed by atoms with Crippen LogP contribution >= 0.6 is 0 Å². The lowest BCUT2D eigenvalue weighted by molar-refractivity contribution is 0.980. The summed E-state index contributed by atoms with van der Waals surface area (Å²) >= 11 is 0. The highest BCUT2D eigenvalue weighted by atomic mass is 13.9. The number of allylic oxidation sites excluding steroid dienone is 3. The van der Waals surface area contributed by atoms with Crippen LogP contribution in [0.4, 0.5) is 0 Å². The average Bonchev–Trinajstić information content (AvgIpc) is 1.83. The van der Waals surface area contributed by atoms with Crippen molar-refractivity contribution in [3.8, 4) is 0 Å². The van der Waals surface area contributed by atoms with Crippen LogP contribution in [-0.4, -0.2) is 0 Å². The topological polar surface area (TPSA) is 0 Å². The first-order chi connectivity index (χ1) is 3.81. The first kappa shape index (κ1) is 7.48. The van der Waals surface area contributed by atoms with Crippen molar-refractivity contribution in [3.63, 3.8) is 0 Å². The van der Waals surface area contributed by atoms with E-state index in [4.69, 9.17) is 0 Å². The molecule has 0 N–H and O–H groups in total. The first-order valence-electron chi connectivity index (χ1n) is 2.87. The molecule has 0 aromatic carbocycles. The van der Waals surface area contributed by atoms with Crippen molar-refractivity contribution in [2.75, 3.05) is 0 Å². The zero-order valence-corrected chi connectivity index (χ0v) is 5.48. The van der Waals surface area contributed by atoms with Gasteiger partial charge in [0.15, 0.2) is 0 Å². The molecule has 45 valence electrons. The molecule has 0 rings (SSSR count). The van der Waals surface area contributed by atoms with Crippen molar-refractivity contribution in [1.29, 1.82) is 0 Å². The highest BCUT2D eigenvalue weighted by Crippen LogP contribution is 2.01. The van der Waals surface area contributed by atoms with E-state index >= 15 is 0 Å². The van der Waals surface area contributed by atoms with Crippen LogP contribution in [-0.2, 0) is 0 Å². The minimum Gasteiger partial charge on any atom is -0.103 e. The lowest BCUT2D eigenvalue weighted by atomic mass is 10.1. The van der Waals surface area contributed by atoms with Gasteiger partial charge in [0, 0.05) is 0 Å². The van der Waals surface area contributed by atoms with Crippen LogP contribution in [0.3, 0.4) is 0 Å². The molecule has 0 heterocycles. The molecule has 0 fully saturated rings. The van der Waals surface area contributed by atoms with Gasteiger partial charge in [-0.1, -0.05) is 17.7 Å². The third-order valence-corrected chi connectivity index (χ3v) is 1.09. The van der Waals surface area contributed by atoms with E-state index in [1.165, 1.54) is 5.57 Å². The van der Waals surface area contributed by atoms with Gasteiger partial charge in [-0.25, -0.2) is 0 Å². The number of hydrogen-bond acceptors (Lipinski definition) is 0. The van der Waals surface area contributed by atoms with Crippen molar-refractivity contribution in [1.82, 2.24) is 0 Å². The van der Waals surface area contributed by atoms with Gasteiger partial charge in [0.2, 0.25) is 0 Å². The Balaban J connectivity index is 3.24. The van der Waals surface area contributed by atoms with Crippen molar-refractivity contribution in [2.45, 2.75) is 19.8 Å². The molecule has 0 aliphatic carbocycles. The predicted octanol–water partition coefficient (Wildman–Crippen LogP) is 2.73. The molecule has 1 radical (unpaired) electrons. The van der Waals surface area contributed by atoms with Gasteiger partial charge in [-0.15, -0.1) is 6.58 Å². The molecule has 0 amide bonds. The monoisotopic (exact) mass is 109 g/mol. The fraction of sp³-hybridized carbons (Fsp3) is 0.375. The summed E-state index contributed by atoms with van der Waals surface area (Å²) in [5.74, 6) is 0. The van der Waals surface area contributed by atoms with Crippen molar-refractivity contribution in [2.24, 2.45) is 0 Å². The van der Waals surface area contributed by atoms with Crippen LogP contribution in [0, 0.1) is 6.92 Å². The van der Waals surface area contributed by atoms with Crippen LogP contribution in [0.5, 0.6) is 0 Å². The molecule has 0 aliphatic rings. The molecule has 0 heteroatoms. The SMILES string of the molecule is [CH2]C=C(C)CCC=C. The van der Waals surface area contributed by atoms with Gasteiger partial charge in [0.1, 0.15) is 0 Å². The number of rotatable bonds is 3. The van der Waals surface area contributed by atoms with E-state index in [0.29, 0.717) is 0 Å². The summed E-state index contributed by atoms with van der Waals surface area (Å²) in [6.45, 7) is 9.34. The Labute approximate surface area is 51.9 Å². The van der Waals surface area contributed by atoms with Crippen molar-refractivity contribution in [3.05, 3.63) is 31.2 Å². The normalized spacial score (nSPS) is 11.5. The largest absolute Gasteiger partial charge is 0.103 e. The van der Waals surface area contributed by atoms with E-state index < -0.39 is 0 Å². The first-order valence-corrected chi connectivity index (χ1v) is 2.87. The Morgan fingerprint density at radius 1 is 1.62 bits per heavy atom. The molecule has 0 unspecified atom stereocenters. The summed E-state index contributed by atoms with van der Waals surface area (Å²) in [4.78, 5) is 0. The molecule has 0 aliphatic heterocycles. The smallest absolute Gasteiger partial charge is 0.0288 e. The molecule has 0 aromatic heterocycles. The second kappa shape index (κ2) is 4.63. The summed E-state index contributed by atoms with van der Waals surface area (Å²) < 4.78 is 0. The third kappa shape index (κ3) is 3.66. The Kier molecular flexibility index (Phi) is 4.33. The molecule has 8 heavy (non-hydrogen) atoms. The summed E-state index contributed by atoms with van der Waals surface area (Å²) in [5, 5.41) is 0. The molecule has 0 spiro atoms. The fourth-order valence-electron chi connectivity index (χ4n) is 0.432. The second-order valence-electron chi connectivity index (χ2n) is 1.88. The molecule has 0 aromatic rings. The zero-order valence-electron chi connectivity index (χ0n) is 5.48. The molecule has 0 bridgehead atoms. The lowest BCUT2D eigenvalue weighted by Gasteiger charge is -1.92. The second-order valence-corrected chi connectivity index (χ2v) is 1.88. The van der Waals surface area contributed by atoms with Gasteiger partial charge in [0.25, 0.3) is 0 Å². The quantitative estimate of drug-likeness (QED) is 0.489. The van der Waals surface area contributed by atoms with Crippen LogP contribution in [0.25, 0.3) is 0 Å². The minimum atomic E-state index is 1.07. The molecule has 0 saturated carbocycles. The molecule has 0 nitrogen and oxygen atoms in total. The third-order valence-electron chi connectivity index (χ3n) is 1.09. The zero-order chi connectivity index (χ0) is 6.41. The predicted molar refractivity (Wildman–Crippen MR) is 38.5 cm³/mol. The fourth-order valence-corrected chi connectivity index (χ4v) is 0.432. The molecule has 0 atom stereocenters. The summed E-state index contributed by atoms with van der Waals surface area (Å²) in [6.07, 6.45) is 5.99. The van der Waals surface area contributed by atoms with Crippen LogP contribution < -0.4 is 0 Å². The van der Waals surface area contributed by atoms with Crippen LogP contribution in [0.1, 0.15) is 19.8 Å². The summed E-state index contributed by atoms with van der Waals surface area (Å²) in [5.41, 5.74) is 1.34. The standard InChI is InChI=1S/C8H13/c1-4-6-7-8(3)5-2/h4-5H,1-2,6-7H2,3H3. The molecule has 0 saturated heterocycles. The minimum absolute atomic E-state index is 1.07.